The summed E-state index contributed by atoms with van der Waals surface area (Å²) in [4.78, 5) is 27.3. The predicted molar refractivity (Wildman–Crippen MR) is 128 cm³/mol. The number of benzene rings is 1. The molecule has 0 radical (unpaired) electrons. The van der Waals surface area contributed by atoms with Gasteiger partial charge in [-0.25, -0.2) is 15.0 Å². The number of anilines is 1. The second kappa shape index (κ2) is 7.93. The molecule has 5 rings (SSSR count). The molecule has 3 aromatic heterocycles. The molecule has 0 unspecified atom stereocenters. The van der Waals surface area contributed by atoms with Crippen LogP contribution >= 0.6 is 0 Å². The number of aryl methyl sites for hydroxylation is 2. The molecule has 0 saturated carbocycles. The smallest absolute Gasteiger partial charge is 0.267 e. The zero-order chi connectivity index (χ0) is 24.0. The first-order valence-electron chi connectivity index (χ1n) is 10.8. The highest BCUT2D eigenvalue weighted by molar-refractivity contribution is 5.99. The lowest BCUT2D eigenvalue weighted by molar-refractivity contribution is -0.137. The van der Waals surface area contributed by atoms with Gasteiger partial charge in [0, 0.05) is 65.7 Å². The molecule has 0 aliphatic carbocycles. The molecule has 1 saturated heterocycles. The van der Waals surface area contributed by atoms with Gasteiger partial charge in [0.05, 0.1) is 5.69 Å². The average molecular weight is 454 g/mol. The first-order chi connectivity index (χ1) is 16.3. The van der Waals surface area contributed by atoms with Crippen LogP contribution in [-0.4, -0.2) is 60.3 Å². The highest BCUT2D eigenvalue weighted by atomic mass is 16.3. The Hall–Kier alpha value is -4.29. The Morgan fingerprint density at radius 2 is 2.06 bits per heavy atom. The van der Waals surface area contributed by atoms with Crippen molar-refractivity contribution in [1.29, 1.82) is 0 Å². The van der Waals surface area contributed by atoms with E-state index >= 15 is 0 Å². The van der Waals surface area contributed by atoms with Gasteiger partial charge in [-0.2, -0.15) is 5.10 Å². The van der Waals surface area contributed by atoms with Gasteiger partial charge in [-0.05, 0) is 26.0 Å². The van der Waals surface area contributed by atoms with Crippen molar-refractivity contribution in [2.45, 2.75) is 25.9 Å². The number of pyridine rings is 1. The van der Waals surface area contributed by atoms with Crippen molar-refractivity contribution in [1.82, 2.24) is 30.0 Å². The Bertz CT molecular complexity index is 1500. The van der Waals surface area contributed by atoms with Crippen LogP contribution in [0.4, 0.5) is 5.82 Å². The SMILES string of the molecule is Cc1n[nH]c(C)c1-c1cnc(N)c2nc(-c3cccc(C#C[C@]4(O)CCN(C)C4=O)c3)ncc12. The molecule has 34 heavy (non-hydrogen) atoms. The van der Waals surface area contributed by atoms with E-state index in [-0.39, 0.29) is 12.3 Å². The zero-order valence-electron chi connectivity index (χ0n) is 19.0. The molecule has 1 aliphatic rings. The normalized spacial score (nSPS) is 17.8. The fourth-order valence-electron chi connectivity index (χ4n) is 4.21. The van der Waals surface area contributed by atoms with Crippen LogP contribution < -0.4 is 5.73 Å². The fraction of sp³-hybridized carbons (Fsp3) is 0.240. The van der Waals surface area contributed by atoms with E-state index in [4.69, 9.17) is 10.7 Å². The third-order valence-corrected chi connectivity index (χ3v) is 6.10. The lowest BCUT2D eigenvalue weighted by Gasteiger charge is -2.13. The lowest BCUT2D eigenvalue weighted by atomic mass is 10.0. The first-order valence-corrected chi connectivity index (χ1v) is 10.8. The number of fused-ring (bicyclic) bond motifs is 1. The number of nitrogens with two attached hydrogens (primary N) is 1. The minimum absolute atomic E-state index is 0.285. The van der Waals surface area contributed by atoms with Crippen LogP contribution in [0.2, 0.25) is 0 Å². The quantitative estimate of drug-likeness (QED) is 0.396. The van der Waals surface area contributed by atoms with Gasteiger partial charge in [0.15, 0.2) is 5.82 Å². The van der Waals surface area contributed by atoms with E-state index in [1.807, 2.05) is 38.1 Å². The number of likely N-dealkylation sites (N-methyl/N-ethyl adjacent to an activating group) is 1. The number of aromatic nitrogens is 5. The molecule has 170 valence electrons. The van der Waals surface area contributed by atoms with E-state index in [0.29, 0.717) is 29.3 Å². The maximum Gasteiger partial charge on any atom is 0.267 e. The summed E-state index contributed by atoms with van der Waals surface area (Å²) in [7, 11) is 1.65. The number of likely N-dealkylation sites (tertiary alicyclic amines) is 1. The molecular weight excluding hydrogens is 430 g/mol. The summed E-state index contributed by atoms with van der Waals surface area (Å²) in [5, 5.41) is 18.6. The first kappa shape index (κ1) is 21.6. The van der Waals surface area contributed by atoms with Gasteiger partial charge in [0.2, 0.25) is 5.60 Å². The monoisotopic (exact) mass is 453 g/mol. The fourth-order valence-corrected chi connectivity index (χ4v) is 4.21. The van der Waals surface area contributed by atoms with Crippen molar-refractivity contribution in [2.24, 2.45) is 0 Å². The predicted octanol–water partition coefficient (Wildman–Crippen LogP) is 2.23. The second-order valence-corrected chi connectivity index (χ2v) is 8.49. The Morgan fingerprint density at radius 3 is 2.76 bits per heavy atom. The van der Waals surface area contributed by atoms with Gasteiger partial charge in [-0.1, -0.05) is 24.0 Å². The number of rotatable bonds is 2. The van der Waals surface area contributed by atoms with E-state index in [2.05, 4.69) is 32.0 Å². The minimum atomic E-state index is -1.65. The second-order valence-electron chi connectivity index (χ2n) is 8.49. The van der Waals surface area contributed by atoms with E-state index in [0.717, 1.165) is 33.5 Å². The minimum Gasteiger partial charge on any atom is -0.382 e. The van der Waals surface area contributed by atoms with Crippen molar-refractivity contribution in [2.75, 3.05) is 19.3 Å². The van der Waals surface area contributed by atoms with Crippen LogP contribution in [-0.2, 0) is 4.79 Å². The highest BCUT2D eigenvalue weighted by Crippen LogP contribution is 2.33. The van der Waals surface area contributed by atoms with Gasteiger partial charge >= 0.3 is 0 Å². The Kier molecular flexibility index (Phi) is 5.03. The highest BCUT2D eigenvalue weighted by Gasteiger charge is 2.42. The number of aromatic amines is 1. The number of amides is 1. The summed E-state index contributed by atoms with van der Waals surface area (Å²) >= 11 is 0. The average Bonchev–Trinajstić information content (AvgIpc) is 3.31. The van der Waals surface area contributed by atoms with E-state index < -0.39 is 5.60 Å². The molecule has 0 bridgehead atoms. The van der Waals surface area contributed by atoms with Crippen LogP contribution in [0.5, 0.6) is 0 Å². The third kappa shape index (κ3) is 3.54. The maximum absolute atomic E-state index is 12.2. The zero-order valence-corrected chi connectivity index (χ0v) is 19.0. The molecule has 1 aliphatic heterocycles. The summed E-state index contributed by atoms with van der Waals surface area (Å²) in [6, 6.07) is 7.32. The van der Waals surface area contributed by atoms with E-state index in [1.54, 1.807) is 19.4 Å². The molecule has 9 heteroatoms. The molecule has 4 heterocycles. The van der Waals surface area contributed by atoms with Gasteiger partial charge < -0.3 is 15.7 Å². The van der Waals surface area contributed by atoms with Crippen LogP contribution in [0.1, 0.15) is 23.4 Å². The van der Waals surface area contributed by atoms with Crippen molar-refractivity contribution in [3.63, 3.8) is 0 Å². The number of H-pyrrole nitrogens is 1. The largest absolute Gasteiger partial charge is 0.382 e. The number of carbonyl (C=O) groups excluding carboxylic acids is 1. The number of hydrogen-bond acceptors (Lipinski definition) is 7. The number of carbonyl (C=O) groups is 1. The molecule has 4 aromatic rings. The number of nitrogen functional groups attached to an aromatic ring is 1. The molecule has 1 fully saturated rings. The maximum atomic E-state index is 12.2. The topological polar surface area (TPSA) is 134 Å². The van der Waals surface area contributed by atoms with Crippen LogP contribution in [0.15, 0.2) is 36.7 Å². The lowest BCUT2D eigenvalue weighted by Crippen LogP contribution is -2.37. The van der Waals surface area contributed by atoms with Gasteiger partial charge in [0.25, 0.3) is 5.91 Å². The van der Waals surface area contributed by atoms with Crippen molar-refractivity contribution in [3.8, 4) is 34.4 Å². The van der Waals surface area contributed by atoms with Crippen molar-refractivity contribution >= 4 is 22.6 Å². The summed E-state index contributed by atoms with van der Waals surface area (Å²) in [6.45, 7) is 4.35. The Balaban J connectivity index is 1.55. The molecule has 1 amide bonds. The summed E-state index contributed by atoms with van der Waals surface area (Å²) in [5.41, 5.74) is 10.0. The van der Waals surface area contributed by atoms with Gasteiger partial charge in [-0.3, -0.25) is 9.89 Å². The molecular formula is C25H23N7O2. The van der Waals surface area contributed by atoms with Crippen LogP contribution in [0, 0.1) is 25.7 Å². The molecule has 1 aromatic carbocycles. The van der Waals surface area contributed by atoms with Crippen molar-refractivity contribution < 1.29 is 9.90 Å². The van der Waals surface area contributed by atoms with E-state index in [1.165, 1.54) is 4.90 Å². The summed E-state index contributed by atoms with van der Waals surface area (Å²) in [6.07, 6.45) is 3.74. The molecule has 0 spiro atoms. The standard InChI is InChI=1S/C25H23N7O2/c1-14-20(15(2)31-30-14)18-12-27-22(26)21-19(18)13-28-23(29-21)17-6-4-5-16(11-17)7-8-25(34)9-10-32(3)24(25)33/h4-6,11-13,34H,9-10H2,1-3H3,(H2,26,27)(H,30,31)/t25-/m0/s1. The third-order valence-electron chi connectivity index (χ3n) is 6.10. The summed E-state index contributed by atoms with van der Waals surface area (Å²) < 4.78 is 0. The number of nitrogens with zero attached hydrogens (tertiary/aromatic N) is 5. The van der Waals surface area contributed by atoms with Gasteiger partial charge in [0.1, 0.15) is 11.3 Å². The molecule has 9 nitrogen and oxygen atoms in total. The van der Waals surface area contributed by atoms with E-state index in [9.17, 15) is 9.90 Å². The number of nitrogens with one attached hydrogen (secondary N) is 1. The molecule has 4 N–H and O–H groups in total. The number of hydrogen-bond donors (Lipinski definition) is 3. The van der Waals surface area contributed by atoms with Crippen LogP contribution in [0.25, 0.3) is 33.4 Å². The van der Waals surface area contributed by atoms with Crippen molar-refractivity contribution in [3.05, 3.63) is 53.6 Å². The molecule has 1 atom stereocenters. The summed E-state index contributed by atoms with van der Waals surface area (Å²) in [5.74, 6) is 6.07. The van der Waals surface area contributed by atoms with Crippen LogP contribution in [0.3, 0.4) is 0 Å². The Labute approximate surface area is 196 Å². The number of aliphatic hydroxyl groups is 1. The Morgan fingerprint density at radius 1 is 1.24 bits per heavy atom. The van der Waals surface area contributed by atoms with Gasteiger partial charge in [-0.15, -0.1) is 0 Å².